The van der Waals surface area contributed by atoms with Gasteiger partial charge in [0.05, 0.1) is 11.9 Å². The van der Waals surface area contributed by atoms with Gasteiger partial charge in [-0.1, -0.05) is 18.2 Å². The summed E-state index contributed by atoms with van der Waals surface area (Å²) in [6.07, 6.45) is 6.80. The Hall–Kier alpha value is -3.73. The van der Waals surface area contributed by atoms with E-state index in [1.807, 2.05) is 0 Å². The van der Waals surface area contributed by atoms with Crippen LogP contribution in [0.2, 0.25) is 0 Å². The molecule has 6 rings (SSSR count). The number of allylic oxidation sites excluding steroid dienone is 2. The lowest BCUT2D eigenvalue weighted by molar-refractivity contribution is -0.137. The zero-order valence-electron chi connectivity index (χ0n) is 30.9. The molecule has 1 atom stereocenters. The van der Waals surface area contributed by atoms with Crippen LogP contribution in [0.5, 0.6) is 0 Å². The van der Waals surface area contributed by atoms with Crippen molar-refractivity contribution in [2.24, 2.45) is 5.92 Å². The van der Waals surface area contributed by atoms with Crippen LogP contribution in [0.3, 0.4) is 0 Å². The van der Waals surface area contributed by atoms with Gasteiger partial charge in [0.25, 0.3) is 0 Å². The number of piperazine rings is 1. The summed E-state index contributed by atoms with van der Waals surface area (Å²) in [5.41, 5.74) is 1.55. The second kappa shape index (κ2) is 16.3. The largest absolute Gasteiger partial charge is 0.421 e. The third-order valence-electron chi connectivity index (χ3n) is 10.8. The topological polar surface area (TPSA) is 132 Å². The maximum absolute atomic E-state index is 14.0. The first-order valence-electron chi connectivity index (χ1n) is 18.4. The first kappa shape index (κ1) is 39.0. The van der Waals surface area contributed by atoms with E-state index in [-0.39, 0.29) is 30.9 Å². The summed E-state index contributed by atoms with van der Waals surface area (Å²) < 4.78 is 73.4. The number of ether oxygens (including phenoxy) is 1. The van der Waals surface area contributed by atoms with Crippen LogP contribution in [-0.2, 0) is 32.3 Å². The molecule has 0 bridgehead atoms. The fourth-order valence-electron chi connectivity index (χ4n) is 7.40. The van der Waals surface area contributed by atoms with Crippen LogP contribution < -0.4 is 20.3 Å². The highest BCUT2D eigenvalue weighted by Crippen LogP contribution is 2.35. The number of anilines is 3. The number of sulfonamides is 1. The lowest BCUT2D eigenvalue weighted by Crippen LogP contribution is -2.52. The van der Waals surface area contributed by atoms with Gasteiger partial charge in [0.2, 0.25) is 21.9 Å². The number of hydrogen-bond acceptors (Lipinski definition) is 10. The molecule has 4 aliphatic rings. The fraction of sp³-hybridized carbons (Fsp3) is 0.595. The molecule has 3 fully saturated rings. The van der Waals surface area contributed by atoms with E-state index < -0.39 is 33.7 Å². The first-order valence-corrected chi connectivity index (χ1v) is 20.2. The molecule has 1 unspecified atom stereocenters. The predicted molar refractivity (Wildman–Crippen MR) is 199 cm³/mol. The van der Waals surface area contributed by atoms with Gasteiger partial charge in [-0.05, 0) is 74.6 Å². The van der Waals surface area contributed by atoms with Gasteiger partial charge in [-0.15, -0.1) is 0 Å². The molecule has 3 aliphatic carbocycles. The molecule has 3 N–H and O–H groups in total. The van der Waals surface area contributed by atoms with Crippen molar-refractivity contribution in [1.29, 1.82) is 0 Å². The van der Waals surface area contributed by atoms with Crippen LogP contribution in [0.4, 0.5) is 30.6 Å². The third kappa shape index (κ3) is 10.1. The number of carbonyl (C=O) groups is 1. The zero-order valence-corrected chi connectivity index (χ0v) is 31.7. The van der Waals surface area contributed by atoms with Crippen LogP contribution in [0.1, 0.15) is 61.6 Å². The maximum Gasteiger partial charge on any atom is 0.421 e. The zero-order chi connectivity index (χ0) is 37.9. The van der Waals surface area contributed by atoms with Crippen molar-refractivity contribution in [2.75, 3.05) is 68.1 Å². The highest BCUT2D eigenvalue weighted by molar-refractivity contribution is 7.92. The molecule has 1 amide bonds. The molecule has 0 radical (unpaired) electrons. The van der Waals surface area contributed by atoms with Crippen molar-refractivity contribution in [2.45, 2.75) is 82.8 Å². The van der Waals surface area contributed by atoms with E-state index in [4.69, 9.17) is 4.74 Å². The molecule has 2 heterocycles. The summed E-state index contributed by atoms with van der Waals surface area (Å²) >= 11 is 0. The first-order chi connectivity index (χ1) is 25.2. The molecule has 12 nitrogen and oxygen atoms in total. The fourth-order valence-corrected chi connectivity index (χ4v) is 7.93. The van der Waals surface area contributed by atoms with Crippen molar-refractivity contribution < 1.29 is 31.1 Å². The molecule has 2 saturated carbocycles. The number of amides is 1. The average Bonchev–Trinajstić information content (AvgIpc) is 3.95. The molecule has 1 aliphatic heterocycles. The standard InChI is InChI=1S/C37H51F3N8O4S/c1-24-5-8-27(32(19-24)46(2)53(4,50)51)21-41-34-30(37(38,39)40)22-42-36(45-34)44-31-14-9-26(20-33(31)52-3)35(49)43-28-10-12-29(13-11-28)48-17-15-47(16-18-48)23-25-6-7-25/h5,8-9,14,19,22,25,28-29,33H,6-7,10-13,15-18,20-21,23H2,1-4H3,(H,43,49)(H2,41,42,44,45)/t28-,29-,33?. The summed E-state index contributed by atoms with van der Waals surface area (Å²) in [6.45, 7) is 7.45. The quantitative estimate of drug-likeness (QED) is 0.259. The molecule has 0 spiro atoms. The van der Waals surface area contributed by atoms with Gasteiger partial charge in [0.15, 0.2) is 0 Å². The number of alkyl halides is 3. The molecular weight excluding hydrogens is 710 g/mol. The highest BCUT2D eigenvalue weighted by atomic mass is 32.2. The molecule has 1 aromatic carbocycles. The van der Waals surface area contributed by atoms with E-state index >= 15 is 0 Å². The SMILES string of the molecule is COC1CC(C(=O)N[C@H]2CC[C@H](N3CCN(CC4CC4)CC3)CC2)=CC=C1Nc1ncc(C(F)(F)F)c(NCc2ccc(C)cc2N(C)S(C)(=O)=O)n1. The molecule has 1 saturated heterocycles. The van der Waals surface area contributed by atoms with Gasteiger partial charge in [-0.2, -0.15) is 18.2 Å². The molecule has 290 valence electrons. The normalized spacial score (nSPS) is 23.2. The number of hydrogen-bond donors (Lipinski definition) is 3. The molecular formula is C37H51F3N8O4S. The van der Waals surface area contributed by atoms with Crippen molar-refractivity contribution in [3.05, 3.63) is 64.5 Å². The number of methoxy groups -OCH3 is 1. The van der Waals surface area contributed by atoms with Gasteiger partial charge in [-0.25, -0.2) is 13.4 Å². The number of rotatable bonds is 13. The summed E-state index contributed by atoms with van der Waals surface area (Å²) in [6, 6.07) is 5.74. The number of halogens is 3. The predicted octanol–water partition coefficient (Wildman–Crippen LogP) is 4.91. The number of aromatic nitrogens is 2. The van der Waals surface area contributed by atoms with E-state index in [1.54, 1.807) is 37.3 Å². The Morgan fingerprint density at radius 1 is 1.06 bits per heavy atom. The lowest BCUT2D eigenvalue weighted by atomic mass is 9.89. The van der Waals surface area contributed by atoms with Crippen molar-refractivity contribution in [1.82, 2.24) is 25.1 Å². The van der Waals surface area contributed by atoms with Gasteiger partial charge >= 0.3 is 6.18 Å². The summed E-state index contributed by atoms with van der Waals surface area (Å²) in [4.78, 5) is 26.7. The van der Waals surface area contributed by atoms with Crippen LogP contribution in [0, 0.1) is 12.8 Å². The minimum absolute atomic E-state index is 0.103. The third-order valence-corrected chi connectivity index (χ3v) is 12.0. The van der Waals surface area contributed by atoms with Crippen molar-refractivity contribution in [3.63, 3.8) is 0 Å². The van der Waals surface area contributed by atoms with Crippen LogP contribution in [0.15, 0.2) is 47.8 Å². The van der Waals surface area contributed by atoms with Gasteiger partial charge in [0, 0.05) is 89.4 Å². The Bertz CT molecular complexity index is 1800. The van der Waals surface area contributed by atoms with Gasteiger partial charge in [0.1, 0.15) is 17.5 Å². The van der Waals surface area contributed by atoms with Gasteiger partial charge < -0.3 is 25.6 Å². The Labute approximate surface area is 310 Å². The van der Waals surface area contributed by atoms with Crippen molar-refractivity contribution >= 4 is 33.4 Å². The minimum atomic E-state index is -4.76. The number of carbonyl (C=O) groups excluding carboxylic acids is 1. The second-order valence-electron chi connectivity index (χ2n) is 14.8. The van der Waals surface area contributed by atoms with E-state index in [1.165, 1.54) is 33.5 Å². The van der Waals surface area contributed by atoms with E-state index in [0.717, 1.165) is 73.9 Å². The van der Waals surface area contributed by atoms with Crippen LogP contribution in [-0.4, -0.2) is 105 Å². The maximum atomic E-state index is 14.0. The van der Waals surface area contributed by atoms with Crippen molar-refractivity contribution in [3.8, 4) is 0 Å². The van der Waals surface area contributed by atoms with E-state index in [9.17, 15) is 26.4 Å². The highest BCUT2D eigenvalue weighted by Gasteiger charge is 2.36. The summed E-state index contributed by atoms with van der Waals surface area (Å²) in [7, 11) is -0.738. The Kier molecular flexibility index (Phi) is 12.0. The monoisotopic (exact) mass is 760 g/mol. The van der Waals surface area contributed by atoms with E-state index in [0.29, 0.717) is 34.8 Å². The minimum Gasteiger partial charge on any atom is -0.375 e. The van der Waals surface area contributed by atoms with E-state index in [2.05, 4.69) is 35.7 Å². The summed E-state index contributed by atoms with van der Waals surface area (Å²) in [5.74, 6) is 0.199. The molecule has 1 aromatic heterocycles. The van der Waals surface area contributed by atoms with Crippen LogP contribution in [0.25, 0.3) is 0 Å². The Balaban J connectivity index is 1.07. The lowest BCUT2D eigenvalue weighted by Gasteiger charge is -2.42. The van der Waals surface area contributed by atoms with Crippen LogP contribution >= 0.6 is 0 Å². The summed E-state index contributed by atoms with van der Waals surface area (Å²) in [5, 5.41) is 8.95. The second-order valence-corrected chi connectivity index (χ2v) is 16.8. The number of benzene rings is 1. The Morgan fingerprint density at radius 3 is 2.42 bits per heavy atom. The molecule has 2 aromatic rings. The average molecular weight is 761 g/mol. The number of aryl methyl sites for hydroxylation is 1. The Morgan fingerprint density at radius 2 is 1.77 bits per heavy atom. The van der Waals surface area contributed by atoms with Gasteiger partial charge in [-0.3, -0.25) is 14.0 Å². The molecule has 16 heteroatoms. The number of nitrogens with one attached hydrogen (secondary N) is 3. The number of nitrogens with zero attached hydrogens (tertiary/aromatic N) is 5. The molecule has 53 heavy (non-hydrogen) atoms. The smallest absolute Gasteiger partial charge is 0.375 e.